The molecule has 4 rings (SSSR count). The zero-order valence-electron chi connectivity index (χ0n) is 17.6. The molecule has 2 atom stereocenters. The van der Waals surface area contributed by atoms with Gasteiger partial charge in [0.2, 0.25) is 0 Å². The van der Waals surface area contributed by atoms with Gasteiger partial charge in [-0.15, -0.1) is 0 Å². The zero-order chi connectivity index (χ0) is 23.4. The van der Waals surface area contributed by atoms with Gasteiger partial charge in [-0.3, -0.25) is 14.5 Å². The SMILES string of the molecule is O=C(O)C(CCC(O)Nc1ccccc1)N1C(=O)c2cccc(NCc3ccco3)c2C1=O. The number of rotatable bonds is 10. The first-order chi connectivity index (χ1) is 16.0. The third-order valence-corrected chi connectivity index (χ3v) is 5.40. The Morgan fingerprint density at radius 3 is 2.45 bits per heavy atom. The van der Waals surface area contributed by atoms with E-state index in [0.29, 0.717) is 23.7 Å². The van der Waals surface area contributed by atoms with E-state index < -0.39 is 30.1 Å². The third-order valence-electron chi connectivity index (χ3n) is 5.40. The maximum atomic E-state index is 13.2. The highest BCUT2D eigenvalue weighted by atomic mass is 16.4. The van der Waals surface area contributed by atoms with Crippen LogP contribution in [0.5, 0.6) is 0 Å². The van der Waals surface area contributed by atoms with Crippen LogP contribution in [0.3, 0.4) is 0 Å². The highest BCUT2D eigenvalue weighted by molar-refractivity contribution is 6.24. The van der Waals surface area contributed by atoms with Gasteiger partial charge < -0.3 is 25.3 Å². The number of aliphatic hydroxyl groups excluding tert-OH is 1. The summed E-state index contributed by atoms with van der Waals surface area (Å²) >= 11 is 0. The van der Waals surface area contributed by atoms with Crippen molar-refractivity contribution in [3.05, 3.63) is 83.8 Å². The van der Waals surface area contributed by atoms with E-state index in [0.717, 1.165) is 4.90 Å². The molecule has 2 aromatic carbocycles. The van der Waals surface area contributed by atoms with Crippen LogP contribution >= 0.6 is 0 Å². The first kappa shape index (κ1) is 22.1. The summed E-state index contributed by atoms with van der Waals surface area (Å²) in [6, 6.07) is 15.8. The maximum Gasteiger partial charge on any atom is 0.326 e. The smallest absolute Gasteiger partial charge is 0.326 e. The quantitative estimate of drug-likeness (QED) is 0.274. The van der Waals surface area contributed by atoms with E-state index in [2.05, 4.69) is 10.6 Å². The standard InChI is InChI=1S/C24H23N3O6/c28-20(26-15-6-2-1-3-7-15)12-11-19(24(31)32)27-22(29)17-9-4-10-18(21(17)23(27)30)25-14-16-8-5-13-33-16/h1-10,13,19-20,25-26,28H,11-12,14H2,(H,31,32). The summed E-state index contributed by atoms with van der Waals surface area (Å²) in [6.07, 6.45) is 0.385. The van der Waals surface area contributed by atoms with Crippen LogP contribution in [-0.2, 0) is 11.3 Å². The van der Waals surface area contributed by atoms with Crippen LogP contribution in [0.4, 0.5) is 11.4 Å². The van der Waals surface area contributed by atoms with Crippen LogP contribution in [0.15, 0.2) is 71.3 Å². The highest BCUT2D eigenvalue weighted by Crippen LogP contribution is 2.32. The number of nitrogens with one attached hydrogen (secondary N) is 2. The van der Waals surface area contributed by atoms with Crippen LogP contribution in [0, 0.1) is 0 Å². The zero-order valence-corrected chi connectivity index (χ0v) is 17.6. The number of carboxylic acid groups (broad SMARTS) is 1. The Hall–Kier alpha value is -4.11. The van der Waals surface area contributed by atoms with Gasteiger partial charge in [0, 0.05) is 11.4 Å². The Morgan fingerprint density at radius 1 is 0.970 bits per heavy atom. The lowest BCUT2D eigenvalue weighted by Gasteiger charge is -2.24. The number of benzene rings is 2. The number of carboxylic acids is 1. The number of nitrogens with zero attached hydrogens (tertiary/aromatic N) is 1. The third kappa shape index (κ3) is 4.73. The fourth-order valence-corrected chi connectivity index (χ4v) is 3.81. The molecule has 0 spiro atoms. The molecule has 0 saturated carbocycles. The van der Waals surface area contributed by atoms with Crippen molar-refractivity contribution in [2.75, 3.05) is 10.6 Å². The van der Waals surface area contributed by atoms with Crippen LogP contribution in [-0.4, -0.2) is 45.2 Å². The lowest BCUT2D eigenvalue weighted by Crippen LogP contribution is -2.45. The molecule has 3 aromatic rings. The Labute approximate surface area is 189 Å². The molecule has 0 fully saturated rings. The largest absolute Gasteiger partial charge is 0.480 e. The fraction of sp³-hybridized carbons (Fsp3) is 0.208. The Kier molecular flexibility index (Phi) is 6.41. The molecule has 170 valence electrons. The normalized spacial score (nSPS) is 14.6. The molecule has 1 aromatic heterocycles. The second-order valence-corrected chi connectivity index (χ2v) is 7.60. The lowest BCUT2D eigenvalue weighted by molar-refractivity contribution is -0.142. The van der Waals surface area contributed by atoms with Crippen molar-refractivity contribution in [3.8, 4) is 0 Å². The van der Waals surface area contributed by atoms with Gasteiger partial charge in [-0.25, -0.2) is 4.79 Å². The van der Waals surface area contributed by atoms with Crippen LogP contribution in [0.25, 0.3) is 0 Å². The summed E-state index contributed by atoms with van der Waals surface area (Å²) in [5.41, 5.74) is 1.35. The number of fused-ring (bicyclic) bond motifs is 1. The molecule has 33 heavy (non-hydrogen) atoms. The molecule has 0 aliphatic carbocycles. The summed E-state index contributed by atoms with van der Waals surface area (Å²) in [6.45, 7) is 0.296. The minimum Gasteiger partial charge on any atom is -0.480 e. The van der Waals surface area contributed by atoms with Gasteiger partial charge in [-0.05, 0) is 49.2 Å². The number of aliphatic hydroxyl groups is 1. The van der Waals surface area contributed by atoms with E-state index in [4.69, 9.17) is 4.42 Å². The predicted molar refractivity (Wildman–Crippen MR) is 120 cm³/mol. The van der Waals surface area contributed by atoms with Gasteiger partial charge in [0.25, 0.3) is 11.8 Å². The molecule has 2 amide bonds. The van der Waals surface area contributed by atoms with E-state index in [1.165, 1.54) is 12.3 Å². The van der Waals surface area contributed by atoms with Crippen molar-refractivity contribution >= 4 is 29.2 Å². The number of aliphatic carboxylic acids is 1. The summed E-state index contributed by atoms with van der Waals surface area (Å²) in [7, 11) is 0. The molecule has 1 aliphatic heterocycles. The molecule has 2 unspecified atom stereocenters. The van der Waals surface area contributed by atoms with Crippen LogP contribution < -0.4 is 10.6 Å². The van der Waals surface area contributed by atoms with Gasteiger partial charge in [0.1, 0.15) is 18.0 Å². The average Bonchev–Trinajstić information content (AvgIpc) is 3.41. The monoisotopic (exact) mass is 449 g/mol. The number of hydrogen-bond donors (Lipinski definition) is 4. The fourth-order valence-electron chi connectivity index (χ4n) is 3.81. The number of hydrogen-bond acceptors (Lipinski definition) is 7. The molecule has 9 nitrogen and oxygen atoms in total. The Balaban J connectivity index is 1.49. The van der Waals surface area contributed by atoms with Crippen LogP contribution in [0.2, 0.25) is 0 Å². The maximum absolute atomic E-state index is 13.2. The number of furan rings is 1. The summed E-state index contributed by atoms with van der Waals surface area (Å²) in [5.74, 6) is -2.03. The van der Waals surface area contributed by atoms with Crippen molar-refractivity contribution in [1.29, 1.82) is 0 Å². The predicted octanol–water partition coefficient (Wildman–Crippen LogP) is 3.15. The van der Waals surface area contributed by atoms with Crippen molar-refractivity contribution in [3.63, 3.8) is 0 Å². The van der Waals surface area contributed by atoms with Gasteiger partial charge >= 0.3 is 5.97 Å². The summed E-state index contributed by atoms with van der Waals surface area (Å²) in [4.78, 5) is 38.9. The minimum atomic E-state index is -1.41. The van der Waals surface area contributed by atoms with Crippen molar-refractivity contribution < 1.29 is 29.0 Å². The van der Waals surface area contributed by atoms with E-state index in [1.807, 2.05) is 6.07 Å². The number of para-hydroxylation sites is 1. The Morgan fingerprint density at radius 2 is 1.76 bits per heavy atom. The van der Waals surface area contributed by atoms with Gasteiger partial charge in [-0.2, -0.15) is 0 Å². The van der Waals surface area contributed by atoms with Gasteiger partial charge in [0.05, 0.1) is 23.9 Å². The number of amides is 2. The molecule has 2 heterocycles. The van der Waals surface area contributed by atoms with Crippen molar-refractivity contribution in [2.24, 2.45) is 0 Å². The molecule has 9 heteroatoms. The molecule has 1 aliphatic rings. The lowest BCUT2D eigenvalue weighted by atomic mass is 10.1. The summed E-state index contributed by atoms with van der Waals surface area (Å²) in [5, 5.41) is 26.0. The molecule has 0 saturated heterocycles. The first-order valence-corrected chi connectivity index (χ1v) is 10.5. The molecule has 4 N–H and O–H groups in total. The van der Waals surface area contributed by atoms with Crippen LogP contribution in [0.1, 0.15) is 39.3 Å². The van der Waals surface area contributed by atoms with E-state index in [9.17, 15) is 24.6 Å². The average molecular weight is 449 g/mol. The second-order valence-electron chi connectivity index (χ2n) is 7.60. The summed E-state index contributed by atoms with van der Waals surface area (Å²) < 4.78 is 5.28. The second kappa shape index (κ2) is 9.58. The molecule has 0 bridgehead atoms. The van der Waals surface area contributed by atoms with E-state index in [-0.39, 0.29) is 24.0 Å². The molecular weight excluding hydrogens is 426 g/mol. The van der Waals surface area contributed by atoms with Gasteiger partial charge in [0.15, 0.2) is 0 Å². The number of carbonyl (C=O) groups is 3. The highest BCUT2D eigenvalue weighted by Gasteiger charge is 2.44. The number of imide groups is 1. The first-order valence-electron chi connectivity index (χ1n) is 10.5. The number of anilines is 2. The minimum absolute atomic E-state index is 0.0167. The van der Waals surface area contributed by atoms with Crippen molar-refractivity contribution in [1.82, 2.24) is 4.90 Å². The molecule has 0 radical (unpaired) electrons. The topological polar surface area (TPSA) is 132 Å². The van der Waals surface area contributed by atoms with E-state index >= 15 is 0 Å². The van der Waals surface area contributed by atoms with Crippen molar-refractivity contribution in [2.45, 2.75) is 31.7 Å². The molecular formula is C24H23N3O6. The Bertz CT molecular complexity index is 1150. The number of carbonyl (C=O) groups excluding carboxylic acids is 2. The van der Waals surface area contributed by atoms with Gasteiger partial charge in [-0.1, -0.05) is 24.3 Å². The van der Waals surface area contributed by atoms with E-state index in [1.54, 1.807) is 48.5 Å².